The van der Waals surface area contributed by atoms with Crippen LogP contribution < -0.4 is 10.6 Å². The van der Waals surface area contributed by atoms with Crippen LogP contribution >= 0.6 is 34.8 Å². The van der Waals surface area contributed by atoms with E-state index in [0.29, 0.717) is 18.0 Å². The van der Waals surface area contributed by atoms with Gasteiger partial charge in [-0.15, -0.1) is 0 Å². The third kappa shape index (κ3) is 5.09. The van der Waals surface area contributed by atoms with Crippen LogP contribution in [0.5, 0.6) is 0 Å². The molecule has 0 atom stereocenters. The first kappa shape index (κ1) is 14.5. The van der Waals surface area contributed by atoms with Gasteiger partial charge in [0.15, 0.2) is 0 Å². The first-order valence-electron chi connectivity index (χ1n) is 5.13. The molecule has 2 N–H and O–H groups in total. The number of methoxy groups -OCH3 is 1. The van der Waals surface area contributed by atoms with E-state index in [1.165, 1.54) is 6.33 Å². The van der Waals surface area contributed by atoms with Gasteiger partial charge < -0.3 is 15.4 Å². The lowest BCUT2D eigenvalue weighted by Gasteiger charge is -2.23. The van der Waals surface area contributed by atoms with E-state index in [-0.39, 0.29) is 0 Å². The van der Waals surface area contributed by atoms with E-state index in [2.05, 4.69) is 37.5 Å². The number of thiocarbonyl (C=S) groups is 1. The van der Waals surface area contributed by atoms with Crippen LogP contribution in [0, 0.1) is 3.57 Å². The van der Waals surface area contributed by atoms with Gasteiger partial charge in [-0.05, 0) is 22.6 Å². The third-order valence-electron chi connectivity index (χ3n) is 2.14. The second-order valence-electron chi connectivity index (χ2n) is 3.39. The lowest BCUT2D eigenvalue weighted by molar-refractivity contribution is 0.205. The van der Waals surface area contributed by atoms with E-state index in [1.54, 1.807) is 13.3 Å². The summed E-state index contributed by atoms with van der Waals surface area (Å²) in [4.78, 5) is 10.9. The highest BCUT2D eigenvalue weighted by molar-refractivity contribution is 14.1. The minimum Gasteiger partial charge on any atom is -0.393 e. The van der Waals surface area contributed by atoms with Gasteiger partial charge in [0.25, 0.3) is 0 Å². The van der Waals surface area contributed by atoms with Gasteiger partial charge >= 0.3 is 0 Å². The zero-order valence-electron chi connectivity index (χ0n) is 9.60. The molecule has 0 aliphatic heterocycles. The molecule has 1 heterocycles. The molecule has 7 heteroatoms. The summed E-state index contributed by atoms with van der Waals surface area (Å²) in [5.74, 6) is 0.897. The third-order valence-corrected chi connectivity index (χ3v) is 3.11. The van der Waals surface area contributed by atoms with E-state index < -0.39 is 0 Å². The van der Waals surface area contributed by atoms with Crippen LogP contribution in [0.4, 0.5) is 5.82 Å². The summed E-state index contributed by atoms with van der Waals surface area (Å²) in [6, 6.07) is 0. The molecule has 17 heavy (non-hydrogen) atoms. The number of ether oxygens (including phenoxy) is 1. The molecule has 0 bridgehead atoms. The van der Waals surface area contributed by atoms with Crippen molar-refractivity contribution in [1.82, 2.24) is 9.97 Å². The number of rotatable bonds is 7. The van der Waals surface area contributed by atoms with Crippen molar-refractivity contribution in [1.29, 1.82) is 0 Å². The number of aromatic nitrogens is 2. The SMILES string of the molecule is COCCN(CCC(N)=S)c1ncncc1I. The number of hydrogen-bond acceptors (Lipinski definition) is 5. The maximum absolute atomic E-state index is 5.52. The highest BCUT2D eigenvalue weighted by Crippen LogP contribution is 2.18. The van der Waals surface area contributed by atoms with Gasteiger partial charge in [-0.1, -0.05) is 12.2 Å². The first-order valence-corrected chi connectivity index (χ1v) is 6.61. The van der Waals surface area contributed by atoms with E-state index in [9.17, 15) is 0 Å². The topological polar surface area (TPSA) is 64.3 Å². The minimum absolute atomic E-state index is 0.511. The second kappa shape index (κ2) is 7.72. The number of nitrogens with zero attached hydrogens (tertiary/aromatic N) is 3. The van der Waals surface area contributed by atoms with Gasteiger partial charge in [-0.3, -0.25) is 0 Å². The average molecular weight is 366 g/mol. The number of nitrogens with two attached hydrogens (primary N) is 1. The van der Waals surface area contributed by atoms with Gasteiger partial charge in [-0.2, -0.15) is 0 Å². The van der Waals surface area contributed by atoms with Crippen LogP contribution in [0.15, 0.2) is 12.5 Å². The molecule has 1 rings (SSSR count). The number of anilines is 1. The molecule has 1 aromatic heterocycles. The Kier molecular flexibility index (Phi) is 6.60. The summed E-state index contributed by atoms with van der Waals surface area (Å²) in [7, 11) is 1.68. The Morgan fingerprint density at radius 2 is 2.35 bits per heavy atom. The van der Waals surface area contributed by atoms with Crippen LogP contribution in [0.1, 0.15) is 6.42 Å². The van der Waals surface area contributed by atoms with Crippen molar-refractivity contribution in [2.75, 3.05) is 31.7 Å². The van der Waals surface area contributed by atoms with E-state index in [0.717, 1.165) is 22.5 Å². The molecular weight excluding hydrogens is 351 g/mol. The molecule has 1 aromatic rings. The van der Waals surface area contributed by atoms with Gasteiger partial charge in [0.2, 0.25) is 0 Å². The molecular formula is C10H15IN4OS. The second-order valence-corrected chi connectivity index (χ2v) is 5.08. The Bertz CT molecular complexity index is 377. The quantitative estimate of drug-likeness (QED) is 0.578. The normalized spacial score (nSPS) is 10.2. The van der Waals surface area contributed by atoms with Crippen molar-refractivity contribution >= 4 is 45.6 Å². The monoisotopic (exact) mass is 366 g/mol. The van der Waals surface area contributed by atoms with Crippen LogP contribution in [-0.2, 0) is 4.74 Å². The fourth-order valence-corrected chi connectivity index (χ4v) is 2.04. The Labute approximate surface area is 120 Å². The lowest BCUT2D eigenvalue weighted by Crippen LogP contribution is -2.32. The molecule has 0 aliphatic carbocycles. The van der Waals surface area contributed by atoms with Crippen LogP contribution in [-0.4, -0.2) is 41.8 Å². The Morgan fingerprint density at radius 3 is 2.94 bits per heavy atom. The molecule has 0 saturated heterocycles. The van der Waals surface area contributed by atoms with Gasteiger partial charge in [0.1, 0.15) is 12.1 Å². The van der Waals surface area contributed by atoms with Crippen molar-refractivity contribution in [2.24, 2.45) is 5.73 Å². The number of halogens is 1. The van der Waals surface area contributed by atoms with Gasteiger partial charge in [-0.25, -0.2) is 9.97 Å². The zero-order valence-corrected chi connectivity index (χ0v) is 12.6. The minimum atomic E-state index is 0.511. The van der Waals surface area contributed by atoms with E-state index in [1.807, 2.05) is 0 Å². The largest absolute Gasteiger partial charge is 0.393 e. The summed E-state index contributed by atoms with van der Waals surface area (Å²) in [6.07, 6.45) is 3.99. The summed E-state index contributed by atoms with van der Waals surface area (Å²) >= 11 is 7.11. The smallest absolute Gasteiger partial charge is 0.145 e. The van der Waals surface area contributed by atoms with Gasteiger partial charge in [0.05, 0.1) is 15.2 Å². The first-order chi connectivity index (χ1) is 8.15. The molecule has 0 spiro atoms. The van der Waals surface area contributed by atoms with Crippen LogP contribution in [0.3, 0.4) is 0 Å². The van der Waals surface area contributed by atoms with Crippen molar-refractivity contribution in [3.05, 3.63) is 16.1 Å². The van der Waals surface area contributed by atoms with Crippen LogP contribution in [0.25, 0.3) is 0 Å². The molecule has 0 fully saturated rings. The molecule has 0 aliphatic rings. The molecule has 5 nitrogen and oxygen atoms in total. The van der Waals surface area contributed by atoms with E-state index in [4.69, 9.17) is 22.7 Å². The van der Waals surface area contributed by atoms with Crippen molar-refractivity contribution in [2.45, 2.75) is 6.42 Å². The fraction of sp³-hybridized carbons (Fsp3) is 0.500. The average Bonchev–Trinajstić information content (AvgIpc) is 2.30. The van der Waals surface area contributed by atoms with Crippen molar-refractivity contribution in [3.63, 3.8) is 0 Å². The van der Waals surface area contributed by atoms with Crippen molar-refractivity contribution < 1.29 is 4.74 Å². The molecule has 0 unspecified atom stereocenters. The Hall–Kier alpha value is -0.540. The number of hydrogen-bond donors (Lipinski definition) is 1. The predicted octanol–water partition coefficient (Wildman–Crippen LogP) is 1.21. The van der Waals surface area contributed by atoms with Gasteiger partial charge in [0, 0.05) is 32.8 Å². The highest BCUT2D eigenvalue weighted by Gasteiger charge is 2.11. The maximum atomic E-state index is 5.52. The summed E-state index contributed by atoms with van der Waals surface area (Å²) in [5, 5.41) is 0. The lowest BCUT2D eigenvalue weighted by atomic mass is 10.3. The van der Waals surface area contributed by atoms with E-state index >= 15 is 0 Å². The molecule has 0 saturated carbocycles. The van der Waals surface area contributed by atoms with Crippen molar-refractivity contribution in [3.8, 4) is 0 Å². The summed E-state index contributed by atoms with van der Waals surface area (Å²) in [6.45, 7) is 2.13. The fourth-order valence-electron chi connectivity index (χ4n) is 1.31. The molecule has 0 radical (unpaired) electrons. The predicted molar refractivity (Wildman–Crippen MR) is 80.2 cm³/mol. The molecule has 94 valence electrons. The highest BCUT2D eigenvalue weighted by atomic mass is 127. The summed E-state index contributed by atoms with van der Waals surface area (Å²) < 4.78 is 6.09. The van der Waals surface area contributed by atoms with Crippen LogP contribution in [0.2, 0.25) is 0 Å². The zero-order chi connectivity index (χ0) is 12.7. The Morgan fingerprint density at radius 1 is 1.59 bits per heavy atom. The molecule has 0 aromatic carbocycles. The standard InChI is InChI=1S/C10H15IN4OS/c1-16-5-4-15(3-2-9(12)17)10-8(11)6-13-7-14-10/h6-7H,2-5H2,1H3,(H2,12,17). The Balaban J connectivity index is 2.74. The molecule has 0 amide bonds. The summed E-state index contributed by atoms with van der Waals surface area (Å²) in [5.41, 5.74) is 5.52. The maximum Gasteiger partial charge on any atom is 0.145 e.